The molecule has 0 aliphatic carbocycles. The topological polar surface area (TPSA) is 102 Å². The summed E-state index contributed by atoms with van der Waals surface area (Å²) in [4.78, 5) is 22.4. The molecule has 41 heavy (non-hydrogen) atoms. The molecule has 2 aromatic carbocycles. The molecular weight excluding hydrogens is 539 g/mol. The van der Waals surface area contributed by atoms with Gasteiger partial charge in [0.15, 0.2) is 5.52 Å². The summed E-state index contributed by atoms with van der Waals surface area (Å²) in [6.07, 6.45) is 2.43. The third-order valence-corrected chi connectivity index (χ3v) is 9.05. The number of aryl methyl sites for hydroxylation is 2. The average Bonchev–Trinajstić information content (AvgIpc) is 3.55. The van der Waals surface area contributed by atoms with Gasteiger partial charge in [0.1, 0.15) is 11.3 Å². The van der Waals surface area contributed by atoms with Crippen molar-refractivity contribution in [3.63, 3.8) is 0 Å². The lowest BCUT2D eigenvalue weighted by atomic mass is 9.91. The lowest BCUT2D eigenvalue weighted by Gasteiger charge is -2.38. The summed E-state index contributed by atoms with van der Waals surface area (Å²) in [7, 11) is 1.79. The van der Waals surface area contributed by atoms with Crippen LogP contribution in [0.3, 0.4) is 0 Å². The number of nitrogens with two attached hydrogens (primary N) is 1. The fourth-order valence-corrected chi connectivity index (χ4v) is 6.46. The van der Waals surface area contributed by atoms with E-state index in [2.05, 4.69) is 15.0 Å². The number of aromatic nitrogens is 4. The van der Waals surface area contributed by atoms with Gasteiger partial charge in [0.2, 0.25) is 0 Å². The molecule has 0 atom stereocenters. The van der Waals surface area contributed by atoms with Crippen molar-refractivity contribution in [2.45, 2.75) is 45.0 Å². The second kappa shape index (κ2) is 10.9. The van der Waals surface area contributed by atoms with Gasteiger partial charge in [-0.1, -0.05) is 36.4 Å². The van der Waals surface area contributed by atoms with E-state index >= 15 is 0 Å². The SMILES string of the molecule is Cc1ccc(-c2ccc(CN3CCC(O)(Cn4cnc5c(-c6ccc(CN)cc6)n(C)nc5c4=O)CC3)c(F)c2)s1. The second-order valence-corrected chi connectivity index (χ2v) is 12.3. The minimum absolute atomic E-state index is 0.128. The van der Waals surface area contributed by atoms with Gasteiger partial charge in [-0.25, -0.2) is 9.37 Å². The number of hydrogen-bond donors (Lipinski definition) is 2. The normalized spacial score (nSPS) is 15.5. The van der Waals surface area contributed by atoms with E-state index in [9.17, 15) is 14.3 Å². The fourth-order valence-electron chi connectivity index (χ4n) is 5.59. The maximum Gasteiger partial charge on any atom is 0.281 e. The molecule has 10 heteroatoms. The van der Waals surface area contributed by atoms with Crippen LogP contribution in [0.15, 0.2) is 65.7 Å². The number of fused-ring (bicyclic) bond motifs is 1. The van der Waals surface area contributed by atoms with E-state index in [1.54, 1.807) is 29.1 Å². The van der Waals surface area contributed by atoms with Gasteiger partial charge in [-0.15, -0.1) is 11.3 Å². The summed E-state index contributed by atoms with van der Waals surface area (Å²) in [5, 5.41) is 15.9. The van der Waals surface area contributed by atoms with Gasteiger partial charge in [0.05, 0.1) is 24.2 Å². The van der Waals surface area contributed by atoms with Crippen LogP contribution >= 0.6 is 11.3 Å². The van der Waals surface area contributed by atoms with Crippen LogP contribution in [0.1, 0.15) is 28.8 Å². The molecule has 0 saturated carbocycles. The van der Waals surface area contributed by atoms with E-state index in [0.717, 1.165) is 27.3 Å². The molecule has 0 amide bonds. The Hall–Kier alpha value is -3.70. The number of rotatable bonds is 7. The zero-order chi connectivity index (χ0) is 28.7. The standard InChI is InChI=1S/C31H33FN6O2S/c1-20-3-10-26(41-20)23-8-9-24(25(32)15-23)17-37-13-11-31(40,12-14-37)18-38-19-34-27-28(30(38)39)35-36(2)29(27)22-6-4-21(16-33)5-7-22/h3-10,15,19,40H,11-14,16-18,33H2,1-2H3. The van der Waals surface area contributed by atoms with Gasteiger partial charge in [-0.05, 0) is 49.1 Å². The largest absolute Gasteiger partial charge is 0.388 e. The molecule has 0 spiro atoms. The summed E-state index contributed by atoms with van der Waals surface area (Å²) in [6, 6.07) is 17.3. The van der Waals surface area contributed by atoms with Crippen LogP contribution < -0.4 is 11.3 Å². The molecule has 6 rings (SSSR count). The highest BCUT2D eigenvalue weighted by Gasteiger charge is 2.33. The van der Waals surface area contributed by atoms with Crippen molar-refractivity contribution >= 4 is 22.4 Å². The molecule has 0 bridgehead atoms. The van der Waals surface area contributed by atoms with E-state index in [1.807, 2.05) is 55.5 Å². The third-order valence-electron chi connectivity index (χ3n) is 8.00. The quantitative estimate of drug-likeness (QED) is 0.299. The maximum absolute atomic E-state index is 15.0. The second-order valence-electron chi connectivity index (χ2n) is 11.0. The summed E-state index contributed by atoms with van der Waals surface area (Å²) < 4.78 is 18.1. The Labute approximate surface area is 241 Å². The van der Waals surface area contributed by atoms with Gasteiger partial charge < -0.3 is 10.8 Å². The Morgan fingerprint density at radius 2 is 1.78 bits per heavy atom. The molecule has 0 unspecified atom stereocenters. The van der Waals surface area contributed by atoms with Crippen LogP contribution in [0.2, 0.25) is 0 Å². The third kappa shape index (κ3) is 5.48. The molecule has 0 radical (unpaired) electrons. The van der Waals surface area contributed by atoms with Crippen molar-refractivity contribution in [2.24, 2.45) is 12.8 Å². The Balaban J connectivity index is 1.14. The molecule has 1 saturated heterocycles. The highest BCUT2D eigenvalue weighted by molar-refractivity contribution is 7.15. The van der Waals surface area contributed by atoms with Gasteiger partial charge in [-0.3, -0.25) is 18.9 Å². The number of nitrogens with zero attached hydrogens (tertiary/aromatic N) is 5. The lowest BCUT2D eigenvalue weighted by Crippen LogP contribution is -2.47. The van der Waals surface area contributed by atoms with Crippen LogP contribution in [0, 0.1) is 12.7 Å². The highest BCUT2D eigenvalue weighted by Crippen LogP contribution is 2.31. The van der Waals surface area contributed by atoms with Crippen LogP contribution in [-0.4, -0.2) is 48.0 Å². The average molecular weight is 573 g/mol. The van der Waals surface area contributed by atoms with Crippen molar-refractivity contribution in [3.8, 4) is 21.7 Å². The predicted octanol–water partition coefficient (Wildman–Crippen LogP) is 4.46. The lowest BCUT2D eigenvalue weighted by molar-refractivity contribution is -0.0366. The van der Waals surface area contributed by atoms with Gasteiger partial charge >= 0.3 is 0 Å². The van der Waals surface area contributed by atoms with Gasteiger partial charge in [0, 0.05) is 54.1 Å². The minimum atomic E-state index is -1.06. The number of thiophene rings is 1. The van der Waals surface area contributed by atoms with Crippen molar-refractivity contribution < 1.29 is 9.50 Å². The van der Waals surface area contributed by atoms with Crippen molar-refractivity contribution in [1.29, 1.82) is 0 Å². The first kappa shape index (κ1) is 27.5. The number of hydrogen-bond acceptors (Lipinski definition) is 7. The summed E-state index contributed by atoms with van der Waals surface area (Å²) in [6.45, 7) is 4.29. The summed E-state index contributed by atoms with van der Waals surface area (Å²) in [5.74, 6) is -0.217. The summed E-state index contributed by atoms with van der Waals surface area (Å²) >= 11 is 1.65. The first-order valence-electron chi connectivity index (χ1n) is 13.7. The predicted molar refractivity (Wildman–Crippen MR) is 160 cm³/mol. The zero-order valence-electron chi connectivity index (χ0n) is 23.2. The van der Waals surface area contributed by atoms with Crippen LogP contribution in [0.25, 0.3) is 32.7 Å². The Kier molecular flexibility index (Phi) is 7.33. The van der Waals surface area contributed by atoms with Crippen molar-refractivity contribution in [1.82, 2.24) is 24.2 Å². The van der Waals surface area contributed by atoms with Crippen LogP contribution in [0.4, 0.5) is 4.39 Å². The number of halogens is 1. The Bertz CT molecular complexity index is 1770. The Morgan fingerprint density at radius 3 is 2.44 bits per heavy atom. The smallest absolute Gasteiger partial charge is 0.281 e. The maximum atomic E-state index is 15.0. The molecule has 1 fully saturated rings. The van der Waals surface area contributed by atoms with Gasteiger partial charge in [0.25, 0.3) is 5.56 Å². The summed E-state index contributed by atoms with van der Waals surface area (Å²) in [5.41, 5.74) is 9.37. The number of likely N-dealkylation sites (tertiary alicyclic amines) is 1. The Morgan fingerprint density at radius 1 is 1.05 bits per heavy atom. The minimum Gasteiger partial charge on any atom is -0.388 e. The van der Waals surface area contributed by atoms with E-state index in [-0.39, 0.29) is 23.4 Å². The van der Waals surface area contributed by atoms with Crippen molar-refractivity contribution in [2.75, 3.05) is 13.1 Å². The zero-order valence-corrected chi connectivity index (χ0v) is 24.0. The molecule has 8 nitrogen and oxygen atoms in total. The monoisotopic (exact) mass is 572 g/mol. The molecule has 5 aromatic rings. The van der Waals surface area contributed by atoms with E-state index in [0.29, 0.717) is 50.1 Å². The molecule has 3 N–H and O–H groups in total. The van der Waals surface area contributed by atoms with Crippen LogP contribution in [0.5, 0.6) is 0 Å². The van der Waals surface area contributed by atoms with Crippen LogP contribution in [-0.2, 0) is 26.7 Å². The van der Waals surface area contributed by atoms with Gasteiger partial charge in [-0.2, -0.15) is 5.10 Å². The number of aliphatic hydroxyl groups is 1. The molecule has 212 valence electrons. The fraction of sp³-hybridized carbons (Fsp3) is 0.323. The first-order valence-corrected chi connectivity index (χ1v) is 14.6. The molecule has 3 aromatic heterocycles. The number of piperidine rings is 1. The van der Waals surface area contributed by atoms with E-state index in [4.69, 9.17) is 5.73 Å². The molecular formula is C31H33FN6O2S. The van der Waals surface area contributed by atoms with Crippen molar-refractivity contribution in [3.05, 3.63) is 93.1 Å². The number of benzene rings is 2. The highest BCUT2D eigenvalue weighted by atomic mass is 32.1. The molecule has 1 aliphatic heterocycles. The molecule has 4 heterocycles. The molecule has 1 aliphatic rings. The first-order chi connectivity index (χ1) is 19.7. The van der Waals surface area contributed by atoms with E-state index in [1.165, 1.54) is 15.8 Å². The van der Waals surface area contributed by atoms with E-state index < -0.39 is 5.60 Å².